The second-order valence-corrected chi connectivity index (χ2v) is 9.97. The van der Waals surface area contributed by atoms with Gasteiger partial charge in [0.1, 0.15) is 17.3 Å². The zero-order valence-electron chi connectivity index (χ0n) is 22.4. The lowest BCUT2D eigenvalue weighted by atomic mass is 10.1. The number of anilines is 4. The summed E-state index contributed by atoms with van der Waals surface area (Å²) >= 11 is 0. The van der Waals surface area contributed by atoms with Gasteiger partial charge < -0.3 is 24.4 Å². The highest BCUT2D eigenvalue weighted by Gasteiger charge is 2.32. The summed E-state index contributed by atoms with van der Waals surface area (Å²) in [6.07, 6.45) is 3.71. The molecule has 39 heavy (non-hydrogen) atoms. The van der Waals surface area contributed by atoms with Crippen LogP contribution in [0.2, 0.25) is 0 Å². The molecule has 0 amide bonds. The Kier molecular flexibility index (Phi) is 7.37. The molecule has 2 N–H and O–H groups in total. The largest absolute Gasteiger partial charge is 0.383 e. The molecule has 12 heteroatoms. The van der Waals surface area contributed by atoms with Gasteiger partial charge in [-0.1, -0.05) is 11.2 Å². The third-order valence-corrected chi connectivity index (χ3v) is 7.26. The van der Waals surface area contributed by atoms with Crippen LogP contribution in [-0.4, -0.2) is 88.2 Å². The molecular formula is C27H34N10O2. The predicted molar refractivity (Wildman–Crippen MR) is 148 cm³/mol. The van der Waals surface area contributed by atoms with E-state index in [2.05, 4.69) is 40.4 Å². The Labute approximate surface area is 227 Å². The molecule has 0 saturated carbocycles. The molecule has 4 aromatic heterocycles. The van der Waals surface area contributed by atoms with Crippen molar-refractivity contribution in [1.29, 1.82) is 0 Å². The Bertz CT molecular complexity index is 1370. The maximum absolute atomic E-state index is 5.83. The maximum atomic E-state index is 5.83. The average molecular weight is 531 g/mol. The number of H-pyrrole nitrogens is 1. The molecule has 2 saturated heterocycles. The monoisotopic (exact) mass is 530 g/mol. The number of ether oxygens (including phenoxy) is 1. The van der Waals surface area contributed by atoms with Crippen molar-refractivity contribution in [2.45, 2.75) is 25.8 Å². The van der Waals surface area contributed by atoms with Gasteiger partial charge in [0.05, 0.1) is 18.3 Å². The van der Waals surface area contributed by atoms with Crippen LogP contribution in [0, 0.1) is 6.92 Å². The second kappa shape index (κ2) is 11.4. The Morgan fingerprint density at radius 3 is 2.72 bits per heavy atom. The SMILES string of the molecule is COCCN1CCN(c2cc(Nc3cc(C)[nH]n3)nc(N3CCCC3c3cc(-c4ccccn4)no3)n2)CC1. The number of hydrogen-bond donors (Lipinski definition) is 2. The first kappa shape index (κ1) is 25.3. The van der Waals surface area contributed by atoms with Gasteiger partial charge >= 0.3 is 0 Å². The number of aryl methyl sites for hydroxylation is 1. The minimum absolute atomic E-state index is 0.00317. The number of rotatable bonds is 9. The van der Waals surface area contributed by atoms with E-state index in [4.69, 9.17) is 19.2 Å². The van der Waals surface area contributed by atoms with Crippen LogP contribution in [0.25, 0.3) is 11.4 Å². The van der Waals surface area contributed by atoms with Crippen molar-refractivity contribution in [2.75, 3.05) is 68.1 Å². The summed E-state index contributed by atoms with van der Waals surface area (Å²) in [7, 11) is 1.75. The molecule has 0 radical (unpaired) electrons. The summed E-state index contributed by atoms with van der Waals surface area (Å²) in [4.78, 5) is 21.4. The van der Waals surface area contributed by atoms with E-state index >= 15 is 0 Å². The van der Waals surface area contributed by atoms with E-state index in [1.165, 1.54) is 0 Å². The molecule has 6 rings (SSSR count). The van der Waals surface area contributed by atoms with Crippen molar-refractivity contribution < 1.29 is 9.26 Å². The van der Waals surface area contributed by atoms with E-state index in [0.29, 0.717) is 11.8 Å². The number of aromatic nitrogens is 6. The van der Waals surface area contributed by atoms with E-state index in [9.17, 15) is 0 Å². The van der Waals surface area contributed by atoms with E-state index in [0.717, 1.165) is 93.2 Å². The number of piperazine rings is 1. The zero-order valence-corrected chi connectivity index (χ0v) is 22.4. The molecule has 4 aromatic rings. The van der Waals surface area contributed by atoms with Crippen molar-refractivity contribution >= 4 is 23.4 Å². The third kappa shape index (κ3) is 5.71. The summed E-state index contributed by atoms with van der Waals surface area (Å²) in [6, 6.07) is 11.7. The van der Waals surface area contributed by atoms with Crippen LogP contribution in [0.15, 0.2) is 47.1 Å². The highest BCUT2D eigenvalue weighted by Crippen LogP contribution is 2.37. The summed E-state index contributed by atoms with van der Waals surface area (Å²) < 4.78 is 11.1. The highest BCUT2D eigenvalue weighted by atomic mass is 16.5. The van der Waals surface area contributed by atoms with Crippen LogP contribution < -0.4 is 15.1 Å². The van der Waals surface area contributed by atoms with Crippen LogP contribution in [0.3, 0.4) is 0 Å². The molecule has 0 spiro atoms. The van der Waals surface area contributed by atoms with Crippen molar-refractivity contribution in [1.82, 2.24) is 35.2 Å². The van der Waals surface area contributed by atoms with Crippen LogP contribution in [0.5, 0.6) is 0 Å². The van der Waals surface area contributed by atoms with Gasteiger partial charge in [0.25, 0.3) is 0 Å². The number of nitrogens with one attached hydrogen (secondary N) is 2. The van der Waals surface area contributed by atoms with Crippen LogP contribution in [0.1, 0.15) is 30.3 Å². The maximum Gasteiger partial charge on any atom is 0.229 e. The normalized spacial score (nSPS) is 18.2. The lowest BCUT2D eigenvalue weighted by Crippen LogP contribution is -2.47. The summed E-state index contributed by atoms with van der Waals surface area (Å²) in [6.45, 7) is 8.20. The highest BCUT2D eigenvalue weighted by molar-refractivity contribution is 5.61. The van der Waals surface area contributed by atoms with E-state index < -0.39 is 0 Å². The molecule has 2 aliphatic heterocycles. The van der Waals surface area contributed by atoms with E-state index in [-0.39, 0.29) is 6.04 Å². The number of hydrogen-bond acceptors (Lipinski definition) is 11. The van der Waals surface area contributed by atoms with E-state index in [1.54, 1.807) is 13.3 Å². The molecule has 2 aliphatic rings. The minimum atomic E-state index is -0.00317. The topological polar surface area (TPSA) is 124 Å². The number of methoxy groups -OCH3 is 1. The van der Waals surface area contributed by atoms with Crippen molar-refractivity contribution in [3.63, 3.8) is 0 Å². The van der Waals surface area contributed by atoms with Crippen LogP contribution in [-0.2, 0) is 4.74 Å². The summed E-state index contributed by atoms with van der Waals surface area (Å²) in [5.74, 6) is 3.80. The average Bonchev–Trinajstić information content (AvgIpc) is 3.74. The quantitative estimate of drug-likeness (QED) is 0.331. The second-order valence-electron chi connectivity index (χ2n) is 9.97. The number of nitrogens with zero attached hydrogens (tertiary/aromatic N) is 8. The molecule has 204 valence electrons. The predicted octanol–water partition coefficient (Wildman–Crippen LogP) is 3.41. The first-order valence-electron chi connectivity index (χ1n) is 13.5. The smallest absolute Gasteiger partial charge is 0.229 e. The first-order chi connectivity index (χ1) is 19.2. The Hall–Kier alpha value is -4.03. The van der Waals surface area contributed by atoms with Gasteiger partial charge in [-0.05, 0) is 31.9 Å². The van der Waals surface area contributed by atoms with Gasteiger partial charge in [-0.3, -0.25) is 15.0 Å². The Morgan fingerprint density at radius 2 is 1.95 bits per heavy atom. The molecule has 0 aliphatic carbocycles. The van der Waals surface area contributed by atoms with Gasteiger partial charge in [0, 0.05) is 76.5 Å². The Balaban J connectivity index is 1.27. The van der Waals surface area contributed by atoms with Crippen molar-refractivity contribution in [3.8, 4) is 11.4 Å². The molecular weight excluding hydrogens is 496 g/mol. The fraction of sp³-hybridized carbons (Fsp3) is 0.444. The molecule has 0 aromatic carbocycles. The molecule has 1 unspecified atom stereocenters. The van der Waals surface area contributed by atoms with Gasteiger partial charge in [-0.15, -0.1) is 0 Å². The standard InChI is InChI=1S/C27H34N10O2/c1-19-16-25(33-32-19)29-24-18-26(36-12-10-35(11-13-36)14-15-38-2)31-27(30-24)37-9-5-7-22(37)23-17-21(34-39-23)20-6-3-4-8-28-20/h3-4,6,8,16-18,22H,5,7,9-15H2,1-2H3,(H2,29,30,31,32,33). The van der Waals surface area contributed by atoms with Crippen LogP contribution >= 0.6 is 0 Å². The van der Waals surface area contributed by atoms with Crippen molar-refractivity contribution in [3.05, 3.63) is 54.0 Å². The zero-order chi connectivity index (χ0) is 26.6. The van der Waals surface area contributed by atoms with Crippen LogP contribution in [0.4, 0.5) is 23.4 Å². The molecule has 0 bridgehead atoms. The lowest BCUT2D eigenvalue weighted by Gasteiger charge is -2.35. The first-order valence-corrected chi connectivity index (χ1v) is 13.5. The molecule has 6 heterocycles. The Morgan fingerprint density at radius 1 is 1.05 bits per heavy atom. The summed E-state index contributed by atoms with van der Waals surface area (Å²) in [5, 5.41) is 15.0. The fourth-order valence-electron chi connectivity index (χ4n) is 5.19. The number of aromatic amines is 1. The fourth-order valence-corrected chi connectivity index (χ4v) is 5.19. The van der Waals surface area contributed by atoms with Gasteiger partial charge in [0.15, 0.2) is 11.6 Å². The summed E-state index contributed by atoms with van der Waals surface area (Å²) in [5.41, 5.74) is 2.50. The molecule has 1 atom stereocenters. The molecule has 12 nitrogen and oxygen atoms in total. The molecule has 2 fully saturated rings. The number of pyridine rings is 1. The van der Waals surface area contributed by atoms with Gasteiger partial charge in [-0.25, -0.2) is 0 Å². The van der Waals surface area contributed by atoms with Crippen molar-refractivity contribution in [2.24, 2.45) is 0 Å². The third-order valence-electron chi connectivity index (χ3n) is 7.26. The van der Waals surface area contributed by atoms with Gasteiger partial charge in [-0.2, -0.15) is 15.1 Å². The lowest BCUT2D eigenvalue weighted by molar-refractivity contribution is 0.144. The van der Waals surface area contributed by atoms with E-state index in [1.807, 2.05) is 43.3 Å². The van der Waals surface area contributed by atoms with Gasteiger partial charge in [0.2, 0.25) is 5.95 Å². The minimum Gasteiger partial charge on any atom is -0.383 e.